The quantitative estimate of drug-likeness (QED) is 0.768. The summed E-state index contributed by atoms with van der Waals surface area (Å²) in [6.45, 7) is 10.6. The number of hydrogen-bond donors (Lipinski definition) is 0. The molecule has 1 saturated heterocycles. The van der Waals surface area contributed by atoms with Gasteiger partial charge >= 0.3 is 5.97 Å². The molecule has 0 unspecified atom stereocenters. The molecular weight excluding hydrogens is 236 g/mol. The molecule has 2 nitrogen and oxygen atoms in total. The third-order valence-corrected chi connectivity index (χ3v) is 4.36. The van der Waals surface area contributed by atoms with Crippen LogP contribution in [0.5, 0.6) is 0 Å². The largest absolute Gasteiger partial charge is 0.459 e. The van der Waals surface area contributed by atoms with Crippen LogP contribution in [0.25, 0.3) is 0 Å². The maximum atomic E-state index is 11.5. The minimum Gasteiger partial charge on any atom is -0.459 e. The normalized spacial score (nSPS) is 22.4. The Morgan fingerprint density at radius 2 is 1.84 bits per heavy atom. The molecular formula is C17H24O2. The lowest BCUT2D eigenvalue weighted by Crippen LogP contribution is -2.32. The zero-order valence-electron chi connectivity index (χ0n) is 12.6. The van der Waals surface area contributed by atoms with Gasteiger partial charge in [0.15, 0.2) is 0 Å². The smallest absolute Gasteiger partial charge is 0.306 e. The number of esters is 1. The number of carbonyl (C=O) groups excluding carboxylic acids is 1. The highest BCUT2D eigenvalue weighted by atomic mass is 16.6. The highest BCUT2D eigenvalue weighted by molar-refractivity contribution is 5.72. The third-order valence-electron chi connectivity index (χ3n) is 4.36. The molecule has 1 aliphatic rings. The van der Waals surface area contributed by atoms with E-state index in [9.17, 15) is 4.79 Å². The van der Waals surface area contributed by atoms with E-state index in [4.69, 9.17) is 4.74 Å². The first-order valence-electron chi connectivity index (χ1n) is 7.00. The van der Waals surface area contributed by atoms with Gasteiger partial charge in [0.05, 0.1) is 6.42 Å². The highest BCUT2D eigenvalue weighted by Crippen LogP contribution is 2.41. The fraction of sp³-hybridized carbons (Fsp3) is 0.588. The Balaban J connectivity index is 2.17. The molecule has 0 aromatic heterocycles. The fourth-order valence-corrected chi connectivity index (χ4v) is 2.92. The second kappa shape index (κ2) is 4.66. The van der Waals surface area contributed by atoms with E-state index in [1.807, 2.05) is 13.8 Å². The van der Waals surface area contributed by atoms with Crippen molar-refractivity contribution in [2.75, 3.05) is 0 Å². The van der Waals surface area contributed by atoms with Crippen molar-refractivity contribution >= 4 is 5.97 Å². The fourth-order valence-electron chi connectivity index (χ4n) is 2.92. The van der Waals surface area contributed by atoms with E-state index < -0.39 is 0 Å². The zero-order valence-corrected chi connectivity index (χ0v) is 12.6. The Hall–Kier alpha value is -1.31. The molecule has 1 atom stereocenters. The van der Waals surface area contributed by atoms with Gasteiger partial charge in [-0.2, -0.15) is 0 Å². The van der Waals surface area contributed by atoms with Gasteiger partial charge in [-0.1, -0.05) is 43.7 Å². The second-order valence-corrected chi connectivity index (χ2v) is 6.93. The summed E-state index contributed by atoms with van der Waals surface area (Å²) in [5, 5.41) is 0. The Kier molecular flexibility index (Phi) is 3.46. The van der Waals surface area contributed by atoms with Crippen LogP contribution < -0.4 is 0 Å². The molecule has 1 aromatic rings. The van der Waals surface area contributed by atoms with Gasteiger partial charge in [-0.05, 0) is 38.2 Å². The lowest BCUT2D eigenvalue weighted by molar-refractivity contribution is -0.146. The molecule has 0 saturated carbocycles. The lowest BCUT2D eigenvalue weighted by Gasteiger charge is -2.33. The molecule has 0 spiro atoms. The molecule has 0 bridgehead atoms. The predicted octanol–water partition coefficient (Wildman–Crippen LogP) is 4.00. The average molecular weight is 260 g/mol. The highest BCUT2D eigenvalue weighted by Gasteiger charge is 2.44. The maximum absolute atomic E-state index is 11.5. The number of rotatable bonds is 3. The number of benzene rings is 1. The monoisotopic (exact) mass is 260 g/mol. The number of cyclic esters (lactones) is 1. The molecule has 104 valence electrons. The van der Waals surface area contributed by atoms with Crippen molar-refractivity contribution in [1.29, 1.82) is 0 Å². The van der Waals surface area contributed by atoms with Gasteiger partial charge in [0.25, 0.3) is 0 Å². The summed E-state index contributed by atoms with van der Waals surface area (Å²) >= 11 is 0. The van der Waals surface area contributed by atoms with Crippen molar-refractivity contribution in [2.24, 2.45) is 5.92 Å². The van der Waals surface area contributed by atoms with E-state index in [0.717, 1.165) is 6.42 Å². The Bertz CT molecular complexity index is 469. The van der Waals surface area contributed by atoms with E-state index in [0.29, 0.717) is 6.42 Å². The summed E-state index contributed by atoms with van der Waals surface area (Å²) in [6, 6.07) is 8.69. The van der Waals surface area contributed by atoms with Crippen LogP contribution in [0.1, 0.15) is 51.7 Å². The van der Waals surface area contributed by atoms with Crippen LogP contribution in [0.2, 0.25) is 0 Å². The van der Waals surface area contributed by atoms with Gasteiger partial charge in [0.1, 0.15) is 5.60 Å². The van der Waals surface area contributed by atoms with Crippen molar-refractivity contribution < 1.29 is 9.53 Å². The summed E-state index contributed by atoms with van der Waals surface area (Å²) in [6.07, 6.45) is 1.51. The van der Waals surface area contributed by atoms with Crippen LogP contribution in [0.3, 0.4) is 0 Å². The molecule has 2 rings (SSSR count). The molecule has 0 radical (unpaired) electrons. The molecule has 0 amide bonds. The average Bonchev–Trinajstić information content (AvgIpc) is 2.51. The standard InChI is InChI=1S/C17H24O2/c1-12-6-8-13(9-7-12)16(2,3)11-14-10-15(18)19-17(14,4)5/h6-9,14H,10-11H2,1-5H3/t14-/m1/s1. The molecule has 19 heavy (non-hydrogen) atoms. The van der Waals surface area contributed by atoms with Crippen molar-refractivity contribution in [3.05, 3.63) is 35.4 Å². The minimum absolute atomic E-state index is 0.0591. The number of aryl methyl sites for hydroxylation is 1. The van der Waals surface area contributed by atoms with Crippen molar-refractivity contribution in [3.63, 3.8) is 0 Å². The second-order valence-electron chi connectivity index (χ2n) is 6.93. The Labute approximate surface area is 116 Å². The topological polar surface area (TPSA) is 26.3 Å². The first kappa shape index (κ1) is 14.1. The third kappa shape index (κ3) is 2.99. The molecule has 1 heterocycles. The van der Waals surface area contributed by atoms with E-state index in [2.05, 4.69) is 45.0 Å². The summed E-state index contributed by atoms with van der Waals surface area (Å²) < 4.78 is 5.42. The predicted molar refractivity (Wildman–Crippen MR) is 77.1 cm³/mol. The van der Waals surface area contributed by atoms with Gasteiger partial charge in [-0.3, -0.25) is 4.79 Å². The van der Waals surface area contributed by atoms with E-state index >= 15 is 0 Å². The SMILES string of the molecule is Cc1ccc(C(C)(C)C[C@H]2CC(=O)OC2(C)C)cc1. The van der Waals surface area contributed by atoms with Gasteiger partial charge < -0.3 is 4.74 Å². The molecule has 0 aliphatic carbocycles. The van der Waals surface area contributed by atoms with Gasteiger partial charge in [0.2, 0.25) is 0 Å². The van der Waals surface area contributed by atoms with Crippen LogP contribution in [0, 0.1) is 12.8 Å². The van der Waals surface area contributed by atoms with Gasteiger partial charge in [-0.15, -0.1) is 0 Å². The minimum atomic E-state index is -0.334. The summed E-state index contributed by atoms with van der Waals surface area (Å²) in [5.74, 6) is 0.228. The Morgan fingerprint density at radius 3 is 2.32 bits per heavy atom. The maximum Gasteiger partial charge on any atom is 0.306 e. The molecule has 1 fully saturated rings. The summed E-state index contributed by atoms with van der Waals surface area (Å²) in [7, 11) is 0. The van der Waals surface area contributed by atoms with Crippen LogP contribution in [0.4, 0.5) is 0 Å². The zero-order chi connectivity index (χ0) is 14.3. The van der Waals surface area contributed by atoms with Crippen LogP contribution in [-0.4, -0.2) is 11.6 Å². The Morgan fingerprint density at radius 1 is 1.26 bits per heavy atom. The van der Waals surface area contributed by atoms with Crippen LogP contribution >= 0.6 is 0 Å². The van der Waals surface area contributed by atoms with Crippen LogP contribution in [0.15, 0.2) is 24.3 Å². The van der Waals surface area contributed by atoms with Crippen molar-refractivity contribution in [3.8, 4) is 0 Å². The van der Waals surface area contributed by atoms with Crippen molar-refractivity contribution in [2.45, 2.75) is 58.5 Å². The number of hydrogen-bond acceptors (Lipinski definition) is 2. The molecule has 1 aliphatic heterocycles. The van der Waals surface area contributed by atoms with Crippen LogP contribution in [-0.2, 0) is 14.9 Å². The number of carbonyl (C=O) groups is 1. The van der Waals surface area contributed by atoms with Gasteiger partial charge in [-0.25, -0.2) is 0 Å². The summed E-state index contributed by atoms with van der Waals surface area (Å²) in [5.41, 5.74) is 2.33. The van der Waals surface area contributed by atoms with Gasteiger partial charge in [0, 0.05) is 5.92 Å². The van der Waals surface area contributed by atoms with Crippen molar-refractivity contribution in [1.82, 2.24) is 0 Å². The molecule has 2 heteroatoms. The molecule has 1 aromatic carbocycles. The number of ether oxygens (including phenoxy) is 1. The first-order chi connectivity index (χ1) is 8.71. The summed E-state index contributed by atoms with van der Waals surface area (Å²) in [4.78, 5) is 11.5. The van der Waals surface area contributed by atoms with E-state index in [-0.39, 0.29) is 22.9 Å². The lowest BCUT2D eigenvalue weighted by atomic mass is 9.72. The molecule has 0 N–H and O–H groups in total. The van der Waals surface area contributed by atoms with E-state index in [1.165, 1.54) is 11.1 Å². The first-order valence-corrected chi connectivity index (χ1v) is 7.00. The van der Waals surface area contributed by atoms with E-state index in [1.54, 1.807) is 0 Å².